The zero-order chi connectivity index (χ0) is 13.8. The van der Waals surface area contributed by atoms with Gasteiger partial charge in [-0.15, -0.1) is 0 Å². The van der Waals surface area contributed by atoms with E-state index in [4.69, 9.17) is 0 Å². The van der Waals surface area contributed by atoms with Gasteiger partial charge in [-0.1, -0.05) is 18.2 Å². The number of hydrogen-bond donors (Lipinski definition) is 1. The summed E-state index contributed by atoms with van der Waals surface area (Å²) < 4.78 is 26.3. The van der Waals surface area contributed by atoms with E-state index in [2.05, 4.69) is 4.99 Å². The van der Waals surface area contributed by atoms with Gasteiger partial charge < -0.3 is 5.11 Å². The van der Waals surface area contributed by atoms with Gasteiger partial charge in [0.1, 0.15) is 17.4 Å². The summed E-state index contributed by atoms with van der Waals surface area (Å²) in [6.07, 6.45) is 1.47. The Morgan fingerprint density at radius 3 is 2.58 bits per heavy atom. The fourth-order valence-corrected chi connectivity index (χ4v) is 1.71. The predicted molar refractivity (Wildman–Crippen MR) is 70.5 cm³/mol. The van der Waals surface area contributed by atoms with Crippen LogP contribution in [0.4, 0.5) is 8.78 Å². The zero-order valence-electron chi connectivity index (χ0n) is 10.3. The number of aliphatic imine (C=N–C) groups is 1. The Morgan fingerprint density at radius 2 is 1.89 bits per heavy atom. The van der Waals surface area contributed by atoms with E-state index in [0.29, 0.717) is 11.1 Å². The average Bonchev–Trinajstić information content (AvgIpc) is 2.37. The molecule has 2 rings (SSSR count). The van der Waals surface area contributed by atoms with Crippen LogP contribution in [-0.4, -0.2) is 11.3 Å². The second kappa shape index (κ2) is 5.61. The maximum atomic E-state index is 13.5. The summed E-state index contributed by atoms with van der Waals surface area (Å²) in [7, 11) is 0. The summed E-state index contributed by atoms with van der Waals surface area (Å²) in [4.78, 5) is 4.17. The Labute approximate surface area is 110 Å². The molecule has 0 fully saturated rings. The minimum Gasteiger partial charge on any atom is -0.507 e. The molecule has 0 aliphatic heterocycles. The second-order valence-corrected chi connectivity index (χ2v) is 4.18. The second-order valence-electron chi connectivity index (χ2n) is 4.18. The van der Waals surface area contributed by atoms with Crippen molar-refractivity contribution < 1.29 is 13.9 Å². The van der Waals surface area contributed by atoms with E-state index in [9.17, 15) is 13.9 Å². The number of halogens is 2. The van der Waals surface area contributed by atoms with Gasteiger partial charge in [-0.05, 0) is 25.1 Å². The van der Waals surface area contributed by atoms with Crippen molar-refractivity contribution in [2.24, 2.45) is 4.99 Å². The van der Waals surface area contributed by atoms with E-state index in [0.717, 1.165) is 6.07 Å². The number of nitrogens with zero attached hydrogens (tertiary/aromatic N) is 1. The first-order chi connectivity index (χ1) is 9.08. The number of aromatic hydroxyl groups is 1. The van der Waals surface area contributed by atoms with Crippen molar-refractivity contribution in [3.63, 3.8) is 0 Å². The van der Waals surface area contributed by atoms with Gasteiger partial charge in [-0.2, -0.15) is 0 Å². The van der Waals surface area contributed by atoms with Crippen molar-refractivity contribution in [3.8, 4) is 5.75 Å². The van der Waals surface area contributed by atoms with E-state index in [1.807, 2.05) is 0 Å². The minimum absolute atomic E-state index is 0.109. The molecule has 0 aromatic heterocycles. The molecule has 0 spiro atoms. The molecule has 0 amide bonds. The lowest BCUT2D eigenvalue weighted by atomic mass is 10.1. The van der Waals surface area contributed by atoms with E-state index in [1.165, 1.54) is 18.3 Å². The molecule has 0 saturated carbocycles. The minimum atomic E-state index is -0.623. The van der Waals surface area contributed by atoms with E-state index < -0.39 is 17.7 Å². The summed E-state index contributed by atoms with van der Waals surface area (Å²) in [5.41, 5.74) is 0.866. The van der Waals surface area contributed by atoms with Crippen LogP contribution in [0.15, 0.2) is 47.5 Å². The molecule has 2 nitrogen and oxygen atoms in total. The topological polar surface area (TPSA) is 32.6 Å². The SMILES string of the molecule is C[C@@H](N=Cc1ccccc1O)c1ccc(F)cc1F. The van der Waals surface area contributed by atoms with Crippen LogP contribution in [-0.2, 0) is 0 Å². The maximum absolute atomic E-state index is 13.5. The number of hydrogen-bond acceptors (Lipinski definition) is 2. The first-order valence-corrected chi connectivity index (χ1v) is 5.84. The summed E-state index contributed by atoms with van der Waals surface area (Å²) in [5, 5.41) is 9.57. The molecule has 19 heavy (non-hydrogen) atoms. The molecule has 0 unspecified atom stereocenters. The van der Waals surface area contributed by atoms with Gasteiger partial charge in [-0.3, -0.25) is 4.99 Å². The molecule has 0 aliphatic rings. The third-order valence-electron chi connectivity index (χ3n) is 2.79. The number of benzene rings is 2. The summed E-state index contributed by atoms with van der Waals surface area (Å²) >= 11 is 0. The van der Waals surface area contributed by atoms with Gasteiger partial charge in [0.25, 0.3) is 0 Å². The van der Waals surface area contributed by atoms with Crippen molar-refractivity contribution in [1.82, 2.24) is 0 Å². The Morgan fingerprint density at radius 1 is 1.16 bits per heavy atom. The van der Waals surface area contributed by atoms with Crippen LogP contribution in [0.1, 0.15) is 24.1 Å². The van der Waals surface area contributed by atoms with E-state index in [-0.39, 0.29) is 5.75 Å². The normalized spacial score (nSPS) is 12.8. The number of phenols is 1. The lowest BCUT2D eigenvalue weighted by Gasteiger charge is -2.08. The molecule has 0 saturated heterocycles. The zero-order valence-corrected chi connectivity index (χ0v) is 10.3. The maximum Gasteiger partial charge on any atom is 0.131 e. The van der Waals surface area contributed by atoms with Crippen molar-refractivity contribution in [2.75, 3.05) is 0 Å². The fourth-order valence-electron chi connectivity index (χ4n) is 1.71. The Kier molecular flexibility index (Phi) is 3.90. The quantitative estimate of drug-likeness (QED) is 0.836. The molecule has 98 valence electrons. The van der Waals surface area contributed by atoms with Crippen LogP contribution in [0.3, 0.4) is 0 Å². The van der Waals surface area contributed by atoms with Crippen molar-refractivity contribution in [1.29, 1.82) is 0 Å². The summed E-state index contributed by atoms with van der Waals surface area (Å²) in [6, 6.07) is 9.67. The lowest BCUT2D eigenvalue weighted by molar-refractivity contribution is 0.474. The van der Waals surface area contributed by atoms with Gasteiger partial charge in [-0.25, -0.2) is 8.78 Å². The largest absolute Gasteiger partial charge is 0.507 e. The molecule has 0 bridgehead atoms. The first-order valence-electron chi connectivity index (χ1n) is 5.84. The fraction of sp³-hybridized carbons (Fsp3) is 0.133. The van der Waals surface area contributed by atoms with Crippen molar-refractivity contribution in [3.05, 3.63) is 65.2 Å². The highest BCUT2D eigenvalue weighted by Crippen LogP contribution is 2.21. The molecule has 2 aromatic carbocycles. The predicted octanol–water partition coefficient (Wildman–Crippen LogP) is 3.85. The molecule has 0 aliphatic carbocycles. The van der Waals surface area contributed by atoms with Gasteiger partial charge in [0.05, 0.1) is 6.04 Å². The van der Waals surface area contributed by atoms with Crippen LogP contribution < -0.4 is 0 Å². The Balaban J connectivity index is 2.21. The van der Waals surface area contributed by atoms with Gasteiger partial charge in [0.15, 0.2) is 0 Å². The molecular formula is C15H13F2NO. The van der Waals surface area contributed by atoms with Crippen LogP contribution in [0.5, 0.6) is 5.75 Å². The molecule has 1 atom stereocenters. The Hall–Kier alpha value is -2.23. The monoisotopic (exact) mass is 261 g/mol. The highest BCUT2D eigenvalue weighted by Gasteiger charge is 2.10. The average molecular weight is 261 g/mol. The standard InChI is InChI=1S/C15H13F2NO/c1-10(13-7-6-12(16)8-14(13)17)18-9-11-4-2-3-5-15(11)19/h2-10,19H,1H3/t10-/m1/s1. The lowest BCUT2D eigenvalue weighted by Crippen LogP contribution is -1.96. The highest BCUT2D eigenvalue weighted by molar-refractivity contribution is 5.83. The van der Waals surface area contributed by atoms with E-state index in [1.54, 1.807) is 31.2 Å². The van der Waals surface area contributed by atoms with Crippen LogP contribution >= 0.6 is 0 Å². The Bertz CT molecular complexity index is 611. The molecular weight excluding hydrogens is 248 g/mol. The van der Waals surface area contributed by atoms with Crippen LogP contribution in [0, 0.1) is 11.6 Å². The van der Waals surface area contributed by atoms with E-state index >= 15 is 0 Å². The van der Waals surface area contributed by atoms with Crippen molar-refractivity contribution >= 4 is 6.21 Å². The molecule has 0 heterocycles. The highest BCUT2D eigenvalue weighted by atomic mass is 19.1. The van der Waals surface area contributed by atoms with Crippen LogP contribution in [0.25, 0.3) is 0 Å². The van der Waals surface area contributed by atoms with Gasteiger partial charge >= 0.3 is 0 Å². The molecule has 0 radical (unpaired) electrons. The third-order valence-corrected chi connectivity index (χ3v) is 2.79. The summed E-state index contributed by atoms with van der Waals surface area (Å²) in [5.74, 6) is -1.13. The van der Waals surface area contributed by atoms with Crippen molar-refractivity contribution in [2.45, 2.75) is 13.0 Å². The molecule has 1 N–H and O–H groups in total. The third kappa shape index (κ3) is 3.16. The molecule has 2 aromatic rings. The first kappa shape index (κ1) is 13.2. The van der Waals surface area contributed by atoms with Crippen LogP contribution in [0.2, 0.25) is 0 Å². The van der Waals surface area contributed by atoms with Gasteiger partial charge in [0.2, 0.25) is 0 Å². The van der Waals surface area contributed by atoms with Gasteiger partial charge in [0, 0.05) is 23.4 Å². The number of phenolic OH excluding ortho intramolecular Hbond substituents is 1. The molecule has 4 heteroatoms. The smallest absolute Gasteiger partial charge is 0.131 e. The number of para-hydroxylation sites is 1. The number of rotatable bonds is 3. The summed E-state index contributed by atoms with van der Waals surface area (Å²) in [6.45, 7) is 1.70.